The summed E-state index contributed by atoms with van der Waals surface area (Å²) in [7, 11) is 1.70. The van der Waals surface area contributed by atoms with Gasteiger partial charge in [0.2, 0.25) is 0 Å². The maximum absolute atomic E-state index is 12.1. The number of carboxylic acids is 1. The van der Waals surface area contributed by atoms with Crippen molar-refractivity contribution in [1.82, 2.24) is 24.8 Å². The quantitative estimate of drug-likeness (QED) is 0.248. The summed E-state index contributed by atoms with van der Waals surface area (Å²) < 4.78 is 5.50. The molecule has 0 saturated heterocycles. The van der Waals surface area contributed by atoms with Crippen LogP contribution < -0.4 is 10.6 Å². The van der Waals surface area contributed by atoms with Gasteiger partial charge in [-0.15, -0.1) is 0 Å². The van der Waals surface area contributed by atoms with Crippen molar-refractivity contribution in [1.29, 1.82) is 0 Å². The third-order valence-corrected chi connectivity index (χ3v) is 6.99. The normalized spacial score (nSPS) is 14.3. The van der Waals surface area contributed by atoms with Gasteiger partial charge in [-0.2, -0.15) is 0 Å². The summed E-state index contributed by atoms with van der Waals surface area (Å²) >= 11 is 0. The number of rotatable bonds is 15. The van der Waals surface area contributed by atoms with Crippen molar-refractivity contribution in [3.05, 3.63) is 60.3 Å². The highest BCUT2D eigenvalue weighted by Gasteiger charge is 2.20. The van der Waals surface area contributed by atoms with Gasteiger partial charge in [0.05, 0.1) is 24.2 Å². The van der Waals surface area contributed by atoms with Crippen LogP contribution in [0.5, 0.6) is 0 Å². The second-order valence-corrected chi connectivity index (χ2v) is 9.99. The summed E-state index contributed by atoms with van der Waals surface area (Å²) in [4.78, 5) is 32.0. The van der Waals surface area contributed by atoms with E-state index in [1.807, 2.05) is 19.1 Å². The maximum Gasteiger partial charge on any atom is 0.326 e. The van der Waals surface area contributed by atoms with E-state index in [9.17, 15) is 9.90 Å². The van der Waals surface area contributed by atoms with Crippen molar-refractivity contribution in [3.63, 3.8) is 0 Å². The number of methoxy groups -OCH3 is 1. The Hall–Kier alpha value is -3.63. The standard InChI is InChI=1S/C29H39N7O3/c1-21(39-2)20-36(16-4-3-7-24-9-8-23-6-5-13-32-28(23)33-24)17-12-25(29(37)38)34-27-19-31-18-26(35-27)22-10-14-30-15-11-22/h8-11,14-15,18-19,21,25H,3-7,12-13,16-17,20H2,1-2H3,(H,32,33)(H,34,35)(H,37,38)/t21-,25?/m1/s1. The highest BCUT2D eigenvalue weighted by Crippen LogP contribution is 2.21. The minimum Gasteiger partial charge on any atom is -0.480 e. The van der Waals surface area contributed by atoms with Crippen molar-refractivity contribution < 1.29 is 14.6 Å². The lowest BCUT2D eigenvalue weighted by Crippen LogP contribution is -2.38. The number of aromatic nitrogens is 4. The summed E-state index contributed by atoms with van der Waals surface area (Å²) in [6, 6.07) is 7.24. The lowest BCUT2D eigenvalue weighted by Gasteiger charge is -2.26. The van der Waals surface area contributed by atoms with Crippen LogP contribution in [-0.4, -0.2) is 81.3 Å². The molecular weight excluding hydrogens is 494 g/mol. The molecule has 0 aliphatic carbocycles. The van der Waals surface area contributed by atoms with Crippen LogP contribution in [0.15, 0.2) is 49.1 Å². The maximum atomic E-state index is 12.1. The fourth-order valence-corrected chi connectivity index (χ4v) is 4.73. The van der Waals surface area contributed by atoms with E-state index in [-0.39, 0.29) is 6.10 Å². The van der Waals surface area contributed by atoms with Crippen molar-refractivity contribution in [2.24, 2.45) is 0 Å². The van der Waals surface area contributed by atoms with Crippen molar-refractivity contribution >= 4 is 17.6 Å². The van der Waals surface area contributed by atoms with Gasteiger partial charge in [-0.1, -0.05) is 6.07 Å². The van der Waals surface area contributed by atoms with E-state index in [0.29, 0.717) is 24.5 Å². The molecule has 208 valence electrons. The van der Waals surface area contributed by atoms with Gasteiger partial charge in [-0.05, 0) is 75.8 Å². The van der Waals surface area contributed by atoms with Gasteiger partial charge in [0, 0.05) is 50.4 Å². The number of ether oxygens (including phenoxy) is 1. The molecule has 0 aromatic carbocycles. The number of carbonyl (C=O) groups is 1. The smallest absolute Gasteiger partial charge is 0.326 e. The molecule has 2 atom stereocenters. The van der Waals surface area contributed by atoms with Crippen LogP contribution in [0.25, 0.3) is 11.3 Å². The third kappa shape index (κ3) is 8.69. The molecular formula is C29H39N7O3. The van der Waals surface area contributed by atoms with Crippen LogP contribution in [0.4, 0.5) is 11.6 Å². The van der Waals surface area contributed by atoms with Gasteiger partial charge >= 0.3 is 5.97 Å². The van der Waals surface area contributed by atoms with E-state index >= 15 is 0 Å². The number of nitrogens with one attached hydrogen (secondary N) is 2. The van der Waals surface area contributed by atoms with Gasteiger partial charge in [0.1, 0.15) is 17.7 Å². The van der Waals surface area contributed by atoms with E-state index in [0.717, 1.165) is 68.8 Å². The molecule has 3 aromatic heterocycles. The number of pyridine rings is 2. The SMILES string of the molecule is CO[C@H](C)CN(CCCCc1ccc2c(n1)NCCC2)CCC(Nc1cncc(-c2ccncc2)n1)C(=O)O. The molecule has 39 heavy (non-hydrogen) atoms. The molecule has 0 spiro atoms. The van der Waals surface area contributed by atoms with E-state index in [4.69, 9.17) is 9.72 Å². The highest BCUT2D eigenvalue weighted by atomic mass is 16.5. The molecule has 1 unspecified atom stereocenters. The molecule has 0 fully saturated rings. The molecule has 3 N–H and O–H groups in total. The monoisotopic (exact) mass is 533 g/mol. The summed E-state index contributed by atoms with van der Waals surface area (Å²) in [5.74, 6) is 0.552. The molecule has 0 radical (unpaired) electrons. The Morgan fingerprint density at radius 3 is 2.77 bits per heavy atom. The number of fused-ring (bicyclic) bond motifs is 1. The number of aliphatic carboxylic acids is 1. The van der Waals surface area contributed by atoms with Crippen LogP contribution in [0, 0.1) is 0 Å². The first-order valence-corrected chi connectivity index (χ1v) is 13.7. The van der Waals surface area contributed by atoms with Crippen LogP contribution in [-0.2, 0) is 22.4 Å². The molecule has 0 bridgehead atoms. The van der Waals surface area contributed by atoms with Crippen molar-refractivity contribution in [2.75, 3.05) is 43.9 Å². The van der Waals surface area contributed by atoms with Gasteiger partial charge in [0.15, 0.2) is 0 Å². The van der Waals surface area contributed by atoms with Crippen molar-refractivity contribution in [2.45, 2.75) is 57.6 Å². The zero-order valence-corrected chi connectivity index (χ0v) is 22.8. The van der Waals surface area contributed by atoms with Gasteiger partial charge in [0.25, 0.3) is 0 Å². The Morgan fingerprint density at radius 2 is 1.97 bits per heavy atom. The average Bonchev–Trinajstić information content (AvgIpc) is 2.97. The first kappa shape index (κ1) is 28.4. The number of aryl methyl sites for hydroxylation is 2. The zero-order valence-electron chi connectivity index (χ0n) is 22.8. The topological polar surface area (TPSA) is 125 Å². The minimum atomic E-state index is -0.919. The predicted octanol–water partition coefficient (Wildman–Crippen LogP) is 3.91. The van der Waals surface area contributed by atoms with Crippen LogP contribution in [0.2, 0.25) is 0 Å². The Balaban J connectivity index is 1.30. The van der Waals surface area contributed by atoms with Crippen LogP contribution >= 0.6 is 0 Å². The fraction of sp³-hybridized carbons (Fsp3) is 0.483. The second-order valence-electron chi connectivity index (χ2n) is 9.99. The molecule has 10 nitrogen and oxygen atoms in total. The van der Waals surface area contributed by atoms with Crippen molar-refractivity contribution in [3.8, 4) is 11.3 Å². The Kier molecular flexibility index (Phi) is 10.6. The molecule has 4 heterocycles. The Bertz CT molecular complexity index is 1190. The average molecular weight is 534 g/mol. The number of nitrogens with zero attached hydrogens (tertiary/aromatic N) is 5. The summed E-state index contributed by atoms with van der Waals surface area (Å²) in [5, 5.41) is 16.4. The number of carboxylic acid groups (broad SMARTS) is 1. The van der Waals surface area contributed by atoms with E-state index in [2.05, 4.69) is 42.6 Å². The highest BCUT2D eigenvalue weighted by molar-refractivity contribution is 5.77. The molecule has 1 aliphatic rings. The summed E-state index contributed by atoms with van der Waals surface area (Å²) in [5.41, 5.74) is 3.95. The van der Waals surface area contributed by atoms with Gasteiger partial charge < -0.3 is 25.4 Å². The van der Waals surface area contributed by atoms with Crippen LogP contribution in [0.3, 0.4) is 0 Å². The number of hydrogen-bond acceptors (Lipinski definition) is 9. The molecule has 10 heteroatoms. The molecule has 3 aromatic rings. The van der Waals surface area contributed by atoms with Gasteiger partial charge in [-0.3, -0.25) is 9.97 Å². The first-order chi connectivity index (χ1) is 19.0. The lowest BCUT2D eigenvalue weighted by atomic mass is 10.1. The number of unbranched alkanes of at least 4 members (excludes halogenated alkanes) is 1. The Labute approximate surface area is 230 Å². The number of anilines is 2. The number of hydrogen-bond donors (Lipinski definition) is 3. The second kappa shape index (κ2) is 14.5. The van der Waals surface area contributed by atoms with E-state index in [1.54, 1.807) is 31.9 Å². The third-order valence-electron chi connectivity index (χ3n) is 6.99. The fourth-order valence-electron chi connectivity index (χ4n) is 4.73. The molecule has 1 aliphatic heterocycles. The summed E-state index contributed by atoms with van der Waals surface area (Å²) in [6.07, 6.45) is 12.2. The van der Waals surface area contributed by atoms with Gasteiger partial charge in [-0.25, -0.2) is 14.8 Å². The minimum absolute atomic E-state index is 0.0533. The van der Waals surface area contributed by atoms with E-state index < -0.39 is 12.0 Å². The molecule has 4 rings (SSSR count). The Morgan fingerprint density at radius 1 is 1.13 bits per heavy atom. The predicted molar refractivity (Wildman–Crippen MR) is 152 cm³/mol. The largest absolute Gasteiger partial charge is 0.480 e. The lowest BCUT2D eigenvalue weighted by molar-refractivity contribution is -0.138. The molecule has 0 saturated carbocycles. The molecule has 0 amide bonds. The van der Waals surface area contributed by atoms with Crippen LogP contribution in [0.1, 0.15) is 43.9 Å². The summed E-state index contributed by atoms with van der Waals surface area (Å²) in [6.45, 7) is 5.24. The first-order valence-electron chi connectivity index (χ1n) is 13.7. The zero-order chi connectivity index (χ0) is 27.5. The van der Waals surface area contributed by atoms with E-state index in [1.165, 1.54) is 5.56 Å².